The van der Waals surface area contributed by atoms with Crippen LogP contribution in [0.1, 0.15) is 26.2 Å². The van der Waals surface area contributed by atoms with Crippen LogP contribution in [0, 0.1) is 11.7 Å². The summed E-state index contributed by atoms with van der Waals surface area (Å²) in [5.74, 6) is -1.29. The van der Waals surface area contributed by atoms with Gasteiger partial charge in [-0.2, -0.15) is 0 Å². The highest BCUT2D eigenvalue weighted by Gasteiger charge is 2.32. The van der Waals surface area contributed by atoms with Crippen molar-refractivity contribution >= 4 is 11.9 Å². The van der Waals surface area contributed by atoms with Crippen LogP contribution in [-0.2, 0) is 9.59 Å². The molecular formula is C16H20FNO4. The van der Waals surface area contributed by atoms with E-state index in [2.05, 4.69) is 0 Å². The van der Waals surface area contributed by atoms with Crippen molar-refractivity contribution in [3.63, 3.8) is 0 Å². The van der Waals surface area contributed by atoms with Gasteiger partial charge in [-0.1, -0.05) is 0 Å². The molecule has 1 saturated heterocycles. The van der Waals surface area contributed by atoms with E-state index in [0.29, 0.717) is 18.6 Å². The van der Waals surface area contributed by atoms with Gasteiger partial charge in [-0.05, 0) is 44.0 Å². The number of benzene rings is 1. The lowest BCUT2D eigenvalue weighted by Gasteiger charge is -2.36. The van der Waals surface area contributed by atoms with E-state index in [4.69, 9.17) is 9.84 Å². The van der Waals surface area contributed by atoms with Crippen molar-refractivity contribution in [2.45, 2.75) is 32.2 Å². The van der Waals surface area contributed by atoms with Crippen LogP contribution in [0.4, 0.5) is 4.39 Å². The van der Waals surface area contributed by atoms with Gasteiger partial charge in [0, 0.05) is 12.6 Å². The summed E-state index contributed by atoms with van der Waals surface area (Å²) in [6.07, 6.45) is 1.47. The average molecular weight is 309 g/mol. The molecular weight excluding hydrogens is 289 g/mol. The smallest absolute Gasteiger partial charge is 0.308 e. The molecule has 5 nitrogen and oxygen atoms in total. The summed E-state index contributed by atoms with van der Waals surface area (Å²) < 4.78 is 18.2. The molecule has 1 N–H and O–H groups in total. The second kappa shape index (κ2) is 7.24. The zero-order chi connectivity index (χ0) is 16.1. The number of likely N-dealkylation sites (tertiary alicyclic amines) is 1. The second-order valence-corrected chi connectivity index (χ2v) is 5.56. The van der Waals surface area contributed by atoms with Crippen molar-refractivity contribution in [2.75, 3.05) is 13.2 Å². The van der Waals surface area contributed by atoms with Crippen LogP contribution in [-0.4, -0.2) is 41.1 Å². The van der Waals surface area contributed by atoms with Crippen molar-refractivity contribution in [1.82, 2.24) is 4.90 Å². The third-order valence-electron chi connectivity index (χ3n) is 3.95. The normalized spacial score (nSPS) is 21.5. The van der Waals surface area contributed by atoms with E-state index < -0.39 is 11.9 Å². The lowest BCUT2D eigenvalue weighted by molar-refractivity contribution is -0.147. The van der Waals surface area contributed by atoms with E-state index in [-0.39, 0.29) is 37.3 Å². The summed E-state index contributed by atoms with van der Waals surface area (Å²) in [4.78, 5) is 24.9. The maximum atomic E-state index is 12.8. The van der Waals surface area contributed by atoms with Crippen LogP contribution in [0.2, 0.25) is 0 Å². The first kappa shape index (κ1) is 16.3. The number of carboxylic acids is 1. The van der Waals surface area contributed by atoms with E-state index in [1.54, 1.807) is 4.90 Å². The predicted octanol–water partition coefficient (Wildman–Crippen LogP) is 2.31. The number of aliphatic carboxylic acids is 1. The maximum absolute atomic E-state index is 12.8. The van der Waals surface area contributed by atoms with E-state index >= 15 is 0 Å². The van der Waals surface area contributed by atoms with Crippen LogP contribution in [0.3, 0.4) is 0 Å². The topological polar surface area (TPSA) is 66.8 Å². The number of carboxylic acid groups (broad SMARTS) is 1. The van der Waals surface area contributed by atoms with Crippen LogP contribution in [0.15, 0.2) is 24.3 Å². The maximum Gasteiger partial charge on any atom is 0.308 e. The molecule has 6 heteroatoms. The summed E-state index contributed by atoms with van der Waals surface area (Å²) >= 11 is 0. The van der Waals surface area contributed by atoms with Gasteiger partial charge in [0.05, 0.1) is 18.9 Å². The number of hydrogen-bond acceptors (Lipinski definition) is 3. The van der Waals surface area contributed by atoms with Gasteiger partial charge in [-0.15, -0.1) is 0 Å². The van der Waals surface area contributed by atoms with Gasteiger partial charge >= 0.3 is 5.97 Å². The van der Waals surface area contributed by atoms with Crippen molar-refractivity contribution in [3.05, 3.63) is 30.1 Å². The summed E-state index contributed by atoms with van der Waals surface area (Å²) in [6, 6.07) is 5.64. The lowest BCUT2D eigenvalue weighted by atomic mass is 9.93. The Balaban J connectivity index is 1.82. The Bertz CT molecular complexity index is 531. The Kier molecular flexibility index (Phi) is 5.35. The van der Waals surface area contributed by atoms with Gasteiger partial charge in [0.2, 0.25) is 5.91 Å². The number of piperidine rings is 1. The molecule has 120 valence electrons. The quantitative estimate of drug-likeness (QED) is 0.906. The Labute approximate surface area is 128 Å². The lowest BCUT2D eigenvalue weighted by Crippen LogP contribution is -2.47. The average Bonchev–Trinajstić information content (AvgIpc) is 2.49. The molecule has 0 bridgehead atoms. The highest BCUT2D eigenvalue weighted by molar-refractivity contribution is 5.78. The molecule has 1 aliphatic heterocycles. The monoisotopic (exact) mass is 309 g/mol. The van der Waals surface area contributed by atoms with Crippen molar-refractivity contribution < 1.29 is 23.8 Å². The molecule has 22 heavy (non-hydrogen) atoms. The molecule has 0 spiro atoms. The van der Waals surface area contributed by atoms with E-state index in [1.807, 2.05) is 6.92 Å². The van der Waals surface area contributed by atoms with Gasteiger partial charge in [0.15, 0.2) is 0 Å². The SMILES string of the molecule is CC1CCC(C(=O)O)CN1C(=O)CCOc1ccc(F)cc1. The molecule has 0 radical (unpaired) electrons. The summed E-state index contributed by atoms with van der Waals surface area (Å²) in [7, 11) is 0. The fraction of sp³-hybridized carbons (Fsp3) is 0.500. The first-order valence-corrected chi connectivity index (χ1v) is 7.38. The fourth-order valence-corrected chi connectivity index (χ4v) is 2.59. The number of halogens is 1. The van der Waals surface area contributed by atoms with Gasteiger partial charge in [0.1, 0.15) is 11.6 Å². The first-order valence-electron chi connectivity index (χ1n) is 7.38. The first-order chi connectivity index (χ1) is 10.5. The number of amides is 1. The van der Waals surface area contributed by atoms with Crippen LogP contribution in [0.25, 0.3) is 0 Å². The highest BCUT2D eigenvalue weighted by atomic mass is 19.1. The summed E-state index contributed by atoms with van der Waals surface area (Å²) in [5.41, 5.74) is 0. The molecule has 1 aliphatic rings. The molecule has 1 aromatic rings. The zero-order valence-corrected chi connectivity index (χ0v) is 12.5. The number of carbonyl (C=O) groups is 2. The molecule has 2 atom stereocenters. The number of hydrogen-bond donors (Lipinski definition) is 1. The third-order valence-corrected chi connectivity index (χ3v) is 3.95. The third kappa shape index (κ3) is 4.19. The number of rotatable bonds is 5. The number of carbonyl (C=O) groups excluding carboxylic acids is 1. The van der Waals surface area contributed by atoms with Gasteiger partial charge in [-0.3, -0.25) is 9.59 Å². The Hall–Kier alpha value is -2.11. The molecule has 2 unspecified atom stereocenters. The molecule has 1 heterocycles. The Morgan fingerprint density at radius 2 is 2.00 bits per heavy atom. The van der Waals surface area contributed by atoms with Gasteiger partial charge in [0.25, 0.3) is 0 Å². The predicted molar refractivity (Wildman–Crippen MR) is 78.0 cm³/mol. The number of nitrogens with zero attached hydrogens (tertiary/aromatic N) is 1. The minimum atomic E-state index is -0.854. The molecule has 1 fully saturated rings. The second-order valence-electron chi connectivity index (χ2n) is 5.56. The summed E-state index contributed by atoms with van der Waals surface area (Å²) in [5, 5.41) is 9.08. The molecule has 2 rings (SSSR count). The molecule has 0 saturated carbocycles. The summed E-state index contributed by atoms with van der Waals surface area (Å²) in [6.45, 7) is 2.37. The van der Waals surface area contributed by atoms with E-state index in [1.165, 1.54) is 24.3 Å². The molecule has 0 aliphatic carbocycles. The molecule has 1 amide bonds. The number of ether oxygens (including phenoxy) is 1. The van der Waals surface area contributed by atoms with Gasteiger partial charge < -0.3 is 14.7 Å². The van der Waals surface area contributed by atoms with Crippen molar-refractivity contribution in [2.24, 2.45) is 5.92 Å². The zero-order valence-electron chi connectivity index (χ0n) is 12.5. The minimum Gasteiger partial charge on any atom is -0.493 e. The van der Waals surface area contributed by atoms with Crippen LogP contribution < -0.4 is 4.74 Å². The minimum absolute atomic E-state index is 0.0499. The van der Waals surface area contributed by atoms with Crippen LogP contribution in [0.5, 0.6) is 5.75 Å². The Morgan fingerprint density at radius 1 is 1.32 bits per heavy atom. The fourth-order valence-electron chi connectivity index (χ4n) is 2.59. The Morgan fingerprint density at radius 3 is 2.64 bits per heavy atom. The molecule has 1 aromatic carbocycles. The van der Waals surface area contributed by atoms with Crippen molar-refractivity contribution in [1.29, 1.82) is 0 Å². The standard InChI is InChI=1S/C16H20FNO4/c1-11-2-3-12(16(20)21)10-18(11)15(19)8-9-22-14-6-4-13(17)5-7-14/h4-7,11-12H,2-3,8-10H2,1H3,(H,20,21). The molecule has 0 aromatic heterocycles. The highest BCUT2D eigenvalue weighted by Crippen LogP contribution is 2.23. The largest absolute Gasteiger partial charge is 0.493 e. The van der Waals surface area contributed by atoms with E-state index in [9.17, 15) is 14.0 Å². The van der Waals surface area contributed by atoms with Crippen molar-refractivity contribution in [3.8, 4) is 5.75 Å². The van der Waals surface area contributed by atoms with E-state index in [0.717, 1.165) is 0 Å². The van der Waals surface area contributed by atoms with Crippen LogP contribution >= 0.6 is 0 Å². The van der Waals surface area contributed by atoms with Gasteiger partial charge in [-0.25, -0.2) is 4.39 Å².